The minimum Gasteiger partial charge on any atom is -0.481 e. The van der Waals surface area contributed by atoms with Crippen molar-refractivity contribution in [1.82, 2.24) is 19.9 Å². The average molecular weight is 554 g/mol. The lowest BCUT2D eigenvalue weighted by Crippen LogP contribution is -2.34. The molecule has 1 aromatic carbocycles. The Balaban J connectivity index is 0.00000370. The van der Waals surface area contributed by atoms with Crippen LogP contribution in [0.15, 0.2) is 65.6 Å². The highest BCUT2D eigenvalue weighted by Crippen LogP contribution is 2.31. The molecule has 212 valence electrons. The molecule has 0 radical (unpaired) electrons. The monoisotopic (exact) mass is 553 g/mol. The normalized spacial score (nSPS) is 14.6. The molecule has 1 fully saturated rings. The molecule has 0 aliphatic carbocycles. The first-order valence-electron chi connectivity index (χ1n) is 13.0. The highest BCUT2D eigenvalue weighted by atomic mass is 19.4. The van der Waals surface area contributed by atoms with Crippen molar-refractivity contribution in [3.63, 3.8) is 0 Å². The number of nitrogens with one attached hydrogen (secondary N) is 2. The van der Waals surface area contributed by atoms with E-state index >= 15 is 0 Å². The first-order chi connectivity index (χ1) is 18.8. The average Bonchev–Trinajstić information content (AvgIpc) is 2.93. The lowest BCUT2D eigenvalue weighted by Gasteiger charge is -2.32. The zero-order chi connectivity index (χ0) is 27.4. The highest BCUT2D eigenvalue weighted by molar-refractivity contribution is 5.94. The van der Waals surface area contributed by atoms with Gasteiger partial charge in [-0.2, -0.15) is 13.2 Å². The van der Waals surface area contributed by atoms with Crippen LogP contribution in [0.3, 0.4) is 0 Å². The summed E-state index contributed by atoms with van der Waals surface area (Å²) in [7, 11) is 1.55. The first-order valence-corrected chi connectivity index (χ1v) is 13.0. The maximum Gasteiger partial charge on any atom is 0.389 e. The van der Waals surface area contributed by atoms with Crippen LogP contribution in [0.1, 0.15) is 44.6 Å². The summed E-state index contributed by atoms with van der Waals surface area (Å²) in [6.45, 7) is 2.08. The molecule has 2 N–H and O–H groups in total. The number of pyridine rings is 3. The quantitative estimate of drug-likeness (QED) is 0.247. The number of fused-ring (bicyclic) bond motifs is 1. The predicted octanol–water partition coefficient (Wildman–Crippen LogP) is 6.90. The Kier molecular flexibility index (Phi) is 9.09. The first kappa shape index (κ1) is 29.1. The van der Waals surface area contributed by atoms with Crippen LogP contribution in [0, 0.1) is 0 Å². The van der Waals surface area contributed by atoms with E-state index in [1.165, 1.54) is 5.56 Å². The number of ether oxygens (including phenoxy) is 1. The number of hydrogen-bond donors (Lipinski definition) is 2. The summed E-state index contributed by atoms with van der Waals surface area (Å²) < 4.78 is 42.6. The SMILES string of the molecule is C.COc1cccc(-c2cc3cc[nH]c(=O)c3c(Nc3ccc(C4CCN(CCCC(F)(F)F)CC4)cc3)n2)n1. The zero-order valence-corrected chi connectivity index (χ0v) is 21.6. The fourth-order valence-corrected chi connectivity index (χ4v) is 5.08. The van der Waals surface area contributed by atoms with E-state index in [2.05, 4.69) is 32.3 Å². The molecule has 0 bridgehead atoms. The minimum atomic E-state index is -4.09. The molecule has 10 heteroatoms. The molecule has 0 spiro atoms. The van der Waals surface area contributed by atoms with Gasteiger partial charge in [0.05, 0.1) is 23.9 Å². The van der Waals surface area contributed by atoms with Gasteiger partial charge in [0.1, 0.15) is 5.82 Å². The van der Waals surface area contributed by atoms with Crippen LogP contribution in [0.2, 0.25) is 0 Å². The van der Waals surface area contributed by atoms with Crippen molar-refractivity contribution in [3.8, 4) is 17.3 Å². The molecule has 5 rings (SSSR count). The van der Waals surface area contributed by atoms with Gasteiger partial charge in [0.25, 0.3) is 5.56 Å². The third-order valence-electron chi connectivity index (χ3n) is 7.12. The van der Waals surface area contributed by atoms with Gasteiger partial charge in [-0.25, -0.2) is 9.97 Å². The van der Waals surface area contributed by atoms with E-state index in [1.54, 1.807) is 19.4 Å². The molecule has 1 aliphatic heterocycles. The second-order valence-electron chi connectivity index (χ2n) is 9.77. The van der Waals surface area contributed by atoms with Crippen molar-refractivity contribution in [1.29, 1.82) is 0 Å². The molecule has 0 saturated carbocycles. The van der Waals surface area contributed by atoms with Crippen LogP contribution in [0.5, 0.6) is 5.88 Å². The van der Waals surface area contributed by atoms with Gasteiger partial charge >= 0.3 is 6.18 Å². The number of halogens is 3. The largest absolute Gasteiger partial charge is 0.481 e. The summed E-state index contributed by atoms with van der Waals surface area (Å²) in [4.78, 5) is 26.8. The number of benzene rings is 1. The number of rotatable bonds is 8. The fraction of sp³-hybridized carbons (Fsp3) is 0.367. The van der Waals surface area contributed by atoms with Gasteiger partial charge in [-0.05, 0) is 86.1 Å². The number of likely N-dealkylation sites (tertiary alicyclic amines) is 1. The topological polar surface area (TPSA) is 83.1 Å². The molecule has 1 aliphatic rings. The van der Waals surface area contributed by atoms with E-state index in [0.717, 1.165) is 37.0 Å². The number of methoxy groups -OCH3 is 1. The van der Waals surface area contributed by atoms with E-state index in [-0.39, 0.29) is 19.4 Å². The maximum atomic E-state index is 12.7. The van der Waals surface area contributed by atoms with Gasteiger partial charge in [-0.3, -0.25) is 4.79 Å². The molecule has 0 unspecified atom stereocenters. The van der Waals surface area contributed by atoms with Gasteiger partial charge in [0.2, 0.25) is 5.88 Å². The Morgan fingerprint density at radius 2 is 1.80 bits per heavy atom. The van der Waals surface area contributed by atoms with E-state index in [4.69, 9.17) is 9.72 Å². The molecule has 40 heavy (non-hydrogen) atoms. The van der Waals surface area contributed by atoms with Crippen LogP contribution < -0.4 is 15.6 Å². The number of anilines is 2. The van der Waals surface area contributed by atoms with Crippen LogP contribution in [0.4, 0.5) is 24.7 Å². The summed E-state index contributed by atoms with van der Waals surface area (Å²) >= 11 is 0. The molecular formula is C30H34F3N5O2. The third kappa shape index (κ3) is 6.98. The summed E-state index contributed by atoms with van der Waals surface area (Å²) in [6, 6.07) is 17.1. The Hall–Kier alpha value is -3.92. The molecule has 3 aromatic heterocycles. The summed E-state index contributed by atoms with van der Waals surface area (Å²) in [5.74, 6) is 1.26. The standard InChI is InChI=1S/C29H30F3N5O2.CH4/c1-39-25-5-2-4-23(35-25)24-18-21-10-14-33-28(38)26(21)27(36-24)34-22-8-6-19(7-9-22)20-11-16-37(17-12-20)15-3-13-29(30,31)32;/h2,4-10,14,18,20H,3,11-13,15-17H2,1H3,(H,33,38)(H,34,36);1H4. The Bertz CT molecular complexity index is 1480. The van der Waals surface area contributed by atoms with Crippen LogP contribution in [-0.2, 0) is 0 Å². The summed E-state index contributed by atoms with van der Waals surface area (Å²) in [6.07, 6.45) is -1.23. The molecular weight excluding hydrogens is 519 g/mol. The summed E-state index contributed by atoms with van der Waals surface area (Å²) in [5, 5.41) is 4.49. The van der Waals surface area contributed by atoms with E-state index in [1.807, 2.05) is 36.4 Å². The molecule has 4 heterocycles. The lowest BCUT2D eigenvalue weighted by atomic mass is 9.89. The molecule has 0 atom stereocenters. The van der Waals surface area contributed by atoms with Crippen molar-refractivity contribution in [3.05, 3.63) is 76.7 Å². The van der Waals surface area contributed by atoms with Crippen molar-refractivity contribution >= 4 is 22.3 Å². The smallest absolute Gasteiger partial charge is 0.389 e. The van der Waals surface area contributed by atoms with E-state index in [0.29, 0.717) is 40.9 Å². The van der Waals surface area contributed by atoms with Crippen LogP contribution in [0.25, 0.3) is 22.2 Å². The number of alkyl halides is 3. The second kappa shape index (κ2) is 12.5. The number of hydrogen-bond acceptors (Lipinski definition) is 6. The van der Waals surface area contributed by atoms with E-state index < -0.39 is 12.6 Å². The lowest BCUT2D eigenvalue weighted by molar-refractivity contribution is -0.136. The predicted molar refractivity (Wildman–Crippen MR) is 152 cm³/mol. The van der Waals surface area contributed by atoms with Crippen molar-refractivity contribution in [2.45, 2.75) is 45.2 Å². The van der Waals surface area contributed by atoms with Gasteiger partial charge < -0.3 is 19.9 Å². The van der Waals surface area contributed by atoms with Crippen molar-refractivity contribution in [2.75, 3.05) is 32.1 Å². The number of nitrogens with zero attached hydrogens (tertiary/aromatic N) is 3. The number of piperidine rings is 1. The summed E-state index contributed by atoms with van der Waals surface area (Å²) in [5.41, 5.74) is 2.97. The fourth-order valence-electron chi connectivity index (χ4n) is 5.08. The van der Waals surface area contributed by atoms with Crippen LogP contribution in [-0.4, -0.2) is 52.8 Å². The Morgan fingerprint density at radius 3 is 2.50 bits per heavy atom. The molecule has 7 nitrogen and oxygen atoms in total. The van der Waals surface area contributed by atoms with Crippen molar-refractivity contribution in [2.24, 2.45) is 0 Å². The van der Waals surface area contributed by atoms with Gasteiger partial charge in [0.15, 0.2) is 0 Å². The zero-order valence-electron chi connectivity index (χ0n) is 21.6. The van der Waals surface area contributed by atoms with Gasteiger partial charge in [0, 0.05) is 24.4 Å². The van der Waals surface area contributed by atoms with Gasteiger partial charge in [-0.1, -0.05) is 25.6 Å². The number of H-pyrrole nitrogens is 1. The minimum absolute atomic E-state index is 0. The molecule has 1 saturated heterocycles. The molecule has 4 aromatic rings. The van der Waals surface area contributed by atoms with Crippen molar-refractivity contribution < 1.29 is 17.9 Å². The van der Waals surface area contributed by atoms with Gasteiger partial charge in [-0.15, -0.1) is 0 Å². The second-order valence-corrected chi connectivity index (χ2v) is 9.77. The third-order valence-corrected chi connectivity index (χ3v) is 7.12. The number of aromatic nitrogens is 3. The van der Waals surface area contributed by atoms with Crippen LogP contribution >= 0.6 is 0 Å². The highest BCUT2D eigenvalue weighted by Gasteiger charge is 2.27. The number of aromatic amines is 1. The molecule has 0 amide bonds. The Morgan fingerprint density at radius 1 is 1.05 bits per heavy atom. The maximum absolute atomic E-state index is 12.7. The van der Waals surface area contributed by atoms with E-state index in [9.17, 15) is 18.0 Å². The Labute approximate surface area is 231 Å².